The highest BCUT2D eigenvalue weighted by molar-refractivity contribution is 5.87. The Balaban J connectivity index is 1.61. The number of piperazine rings is 1. The van der Waals surface area contributed by atoms with Crippen LogP contribution < -0.4 is 0 Å². The van der Waals surface area contributed by atoms with Crippen LogP contribution in [0.3, 0.4) is 0 Å². The number of hydrogen-bond donors (Lipinski definition) is 0. The van der Waals surface area contributed by atoms with Crippen LogP contribution in [0.1, 0.15) is 67.2 Å². The lowest BCUT2D eigenvalue weighted by molar-refractivity contribution is -0.140. The zero-order valence-electron chi connectivity index (χ0n) is 22.7. The molecular weight excluding hydrogens is 462 g/mol. The van der Waals surface area contributed by atoms with Crippen LogP contribution in [-0.2, 0) is 20.8 Å². The highest BCUT2D eigenvalue weighted by Crippen LogP contribution is 2.25. The predicted molar refractivity (Wildman–Crippen MR) is 135 cm³/mol. The second kappa shape index (κ2) is 11.5. The van der Waals surface area contributed by atoms with Crippen molar-refractivity contribution in [2.24, 2.45) is 5.92 Å². The van der Waals surface area contributed by atoms with Crippen LogP contribution in [-0.4, -0.2) is 92.3 Å². The molecule has 0 N–H and O–H groups in total. The molecule has 3 heterocycles. The van der Waals surface area contributed by atoms with Gasteiger partial charge >= 0.3 is 12.2 Å². The van der Waals surface area contributed by atoms with Gasteiger partial charge in [-0.2, -0.15) is 0 Å². The van der Waals surface area contributed by atoms with Gasteiger partial charge in [0.25, 0.3) is 0 Å². The van der Waals surface area contributed by atoms with Gasteiger partial charge < -0.3 is 23.8 Å². The molecule has 36 heavy (non-hydrogen) atoms. The Bertz CT molecular complexity index is 882. The Kier molecular flexibility index (Phi) is 8.89. The zero-order valence-corrected chi connectivity index (χ0v) is 22.7. The molecule has 2 aliphatic rings. The van der Waals surface area contributed by atoms with Gasteiger partial charge in [0, 0.05) is 45.1 Å². The monoisotopic (exact) mass is 505 g/mol. The van der Waals surface area contributed by atoms with Gasteiger partial charge in [-0.3, -0.25) is 9.69 Å². The summed E-state index contributed by atoms with van der Waals surface area (Å²) in [5.41, 5.74) is -1.32. The average Bonchev–Trinajstić information content (AvgIpc) is 3.30. The van der Waals surface area contributed by atoms with E-state index in [1.807, 2.05) is 38.2 Å². The maximum atomic E-state index is 13.7. The standard InChI is InChI=1S/C26H43N5O5/c1-25(2,3)35-23(33)30-16-17-31(24(34)36-26(4,5)6)21(18-30)22(32)29-13-9-20(10-14-29)8-7-12-28-15-11-27-19-28/h11,15,19-21H,7-10,12-14,16-18H2,1-6H3/t21-/m1/s1. The summed E-state index contributed by atoms with van der Waals surface area (Å²) in [7, 11) is 0. The van der Waals surface area contributed by atoms with E-state index >= 15 is 0 Å². The minimum Gasteiger partial charge on any atom is -0.444 e. The summed E-state index contributed by atoms with van der Waals surface area (Å²) in [5, 5.41) is 0. The van der Waals surface area contributed by atoms with E-state index in [-0.39, 0.29) is 25.5 Å². The second-order valence-corrected chi connectivity index (χ2v) is 11.8. The minimum atomic E-state index is -0.793. The summed E-state index contributed by atoms with van der Waals surface area (Å²) < 4.78 is 13.2. The molecule has 2 aliphatic heterocycles. The van der Waals surface area contributed by atoms with E-state index in [1.54, 1.807) is 27.0 Å². The summed E-state index contributed by atoms with van der Waals surface area (Å²) in [6.07, 6.45) is 8.66. The molecule has 0 saturated carbocycles. The molecule has 10 nitrogen and oxygen atoms in total. The van der Waals surface area contributed by atoms with E-state index in [4.69, 9.17) is 9.47 Å². The third-order valence-corrected chi connectivity index (χ3v) is 6.46. The zero-order chi connectivity index (χ0) is 26.5. The van der Waals surface area contributed by atoms with Gasteiger partial charge in [-0.15, -0.1) is 0 Å². The van der Waals surface area contributed by atoms with Gasteiger partial charge in [0.15, 0.2) is 0 Å². The first kappa shape index (κ1) is 27.8. The molecule has 0 radical (unpaired) electrons. The highest BCUT2D eigenvalue weighted by Gasteiger charge is 2.42. The van der Waals surface area contributed by atoms with Gasteiger partial charge in [-0.25, -0.2) is 14.6 Å². The topological polar surface area (TPSA) is 97.2 Å². The van der Waals surface area contributed by atoms with Gasteiger partial charge in [0.1, 0.15) is 17.2 Å². The molecule has 3 amide bonds. The third-order valence-electron chi connectivity index (χ3n) is 6.46. The van der Waals surface area contributed by atoms with Crippen LogP contribution in [0.5, 0.6) is 0 Å². The number of carbonyl (C=O) groups excluding carboxylic acids is 3. The van der Waals surface area contributed by atoms with Crippen molar-refractivity contribution in [3.8, 4) is 0 Å². The molecule has 1 aromatic heterocycles. The largest absolute Gasteiger partial charge is 0.444 e. The Labute approximate surface area is 214 Å². The summed E-state index contributed by atoms with van der Waals surface area (Å²) in [4.78, 5) is 48.3. The maximum absolute atomic E-state index is 13.7. The van der Waals surface area contributed by atoms with Crippen molar-refractivity contribution in [1.29, 1.82) is 0 Å². The quantitative estimate of drug-likeness (QED) is 0.605. The second-order valence-electron chi connectivity index (χ2n) is 11.8. The molecule has 2 saturated heterocycles. The van der Waals surface area contributed by atoms with Crippen molar-refractivity contribution in [2.75, 3.05) is 32.7 Å². The number of ether oxygens (including phenoxy) is 2. The van der Waals surface area contributed by atoms with Crippen LogP contribution in [0.4, 0.5) is 9.59 Å². The molecular formula is C26H43N5O5. The lowest BCUT2D eigenvalue weighted by Gasteiger charge is -2.43. The molecule has 2 fully saturated rings. The molecule has 0 aromatic carbocycles. The predicted octanol–water partition coefficient (Wildman–Crippen LogP) is 3.76. The number of hydrogen-bond acceptors (Lipinski definition) is 6. The van der Waals surface area contributed by atoms with E-state index < -0.39 is 29.4 Å². The fourth-order valence-electron chi connectivity index (χ4n) is 4.66. The van der Waals surface area contributed by atoms with E-state index in [1.165, 1.54) is 9.80 Å². The summed E-state index contributed by atoms with van der Waals surface area (Å²) in [6, 6.07) is -0.793. The lowest BCUT2D eigenvalue weighted by Crippen LogP contribution is -2.63. The fourth-order valence-corrected chi connectivity index (χ4v) is 4.66. The van der Waals surface area contributed by atoms with Crippen LogP contribution in [0.25, 0.3) is 0 Å². The third kappa shape index (κ3) is 8.13. The molecule has 202 valence electrons. The van der Waals surface area contributed by atoms with Crippen molar-refractivity contribution < 1.29 is 23.9 Å². The fraction of sp³-hybridized carbons (Fsp3) is 0.769. The summed E-state index contributed by atoms with van der Waals surface area (Å²) >= 11 is 0. The van der Waals surface area contributed by atoms with Gasteiger partial charge in [0.05, 0.1) is 12.9 Å². The number of carbonyl (C=O) groups is 3. The van der Waals surface area contributed by atoms with Crippen molar-refractivity contribution in [3.63, 3.8) is 0 Å². The number of piperidine rings is 1. The normalized spacial score (nSPS) is 19.8. The number of rotatable bonds is 5. The van der Waals surface area contributed by atoms with Gasteiger partial charge in [0.2, 0.25) is 5.91 Å². The van der Waals surface area contributed by atoms with Crippen molar-refractivity contribution in [2.45, 2.75) is 91.0 Å². The number of likely N-dealkylation sites (tertiary alicyclic amines) is 1. The Morgan fingerprint density at radius 2 is 1.53 bits per heavy atom. The van der Waals surface area contributed by atoms with E-state index in [0.717, 1.165) is 32.2 Å². The first-order valence-electron chi connectivity index (χ1n) is 13.0. The average molecular weight is 506 g/mol. The molecule has 0 bridgehead atoms. The SMILES string of the molecule is CC(C)(C)OC(=O)N1CCN(C(=O)OC(C)(C)C)[C@@H](C(=O)N2CCC(CCCn3ccnc3)CC2)C1. The van der Waals surface area contributed by atoms with Crippen molar-refractivity contribution in [1.82, 2.24) is 24.3 Å². The van der Waals surface area contributed by atoms with Crippen molar-refractivity contribution in [3.05, 3.63) is 18.7 Å². The molecule has 1 aromatic rings. The molecule has 0 spiro atoms. The highest BCUT2D eigenvalue weighted by atomic mass is 16.6. The minimum absolute atomic E-state index is 0.0951. The summed E-state index contributed by atoms with van der Waals surface area (Å²) in [5.74, 6) is 0.440. The van der Waals surface area contributed by atoms with E-state index in [0.29, 0.717) is 19.0 Å². The lowest BCUT2D eigenvalue weighted by atomic mass is 9.91. The van der Waals surface area contributed by atoms with Crippen LogP contribution >= 0.6 is 0 Å². The van der Waals surface area contributed by atoms with E-state index in [2.05, 4.69) is 9.55 Å². The summed E-state index contributed by atoms with van der Waals surface area (Å²) in [6.45, 7) is 13.7. The Hall–Kier alpha value is -2.78. The number of amides is 3. The molecule has 1 atom stereocenters. The first-order valence-corrected chi connectivity index (χ1v) is 13.0. The Morgan fingerprint density at radius 3 is 2.11 bits per heavy atom. The van der Waals surface area contributed by atoms with Gasteiger partial charge in [-0.05, 0) is 73.1 Å². The number of aryl methyl sites for hydroxylation is 1. The first-order chi connectivity index (χ1) is 16.8. The smallest absolute Gasteiger partial charge is 0.411 e. The van der Waals surface area contributed by atoms with Crippen LogP contribution in [0.15, 0.2) is 18.7 Å². The molecule has 10 heteroatoms. The molecule has 0 aliphatic carbocycles. The van der Waals surface area contributed by atoms with Crippen molar-refractivity contribution >= 4 is 18.1 Å². The number of imidazole rings is 1. The van der Waals surface area contributed by atoms with Crippen LogP contribution in [0.2, 0.25) is 0 Å². The van der Waals surface area contributed by atoms with E-state index in [9.17, 15) is 14.4 Å². The van der Waals surface area contributed by atoms with Gasteiger partial charge in [-0.1, -0.05) is 0 Å². The van der Waals surface area contributed by atoms with Crippen LogP contribution in [0, 0.1) is 5.92 Å². The number of aromatic nitrogens is 2. The molecule has 0 unspecified atom stereocenters. The Morgan fingerprint density at radius 1 is 0.889 bits per heavy atom. The maximum Gasteiger partial charge on any atom is 0.411 e. The molecule has 3 rings (SSSR count). The number of nitrogens with zero attached hydrogens (tertiary/aromatic N) is 5.